The molecule has 0 bridgehead atoms. The number of rotatable bonds is 3. The Morgan fingerprint density at radius 2 is 1.68 bits per heavy atom. The largest absolute Gasteiger partial charge is 0.390 e. The summed E-state index contributed by atoms with van der Waals surface area (Å²) >= 11 is 0. The van der Waals surface area contributed by atoms with Gasteiger partial charge >= 0.3 is 0 Å². The number of hydrogen-bond donors (Lipinski definition) is 1. The molecule has 1 aromatic carbocycles. The van der Waals surface area contributed by atoms with Crippen LogP contribution in [0, 0.1) is 5.92 Å². The van der Waals surface area contributed by atoms with E-state index in [1.807, 2.05) is 0 Å². The van der Waals surface area contributed by atoms with Gasteiger partial charge in [0.1, 0.15) is 0 Å². The second kappa shape index (κ2) is 5.64. The number of aliphatic hydroxyl groups is 1. The highest BCUT2D eigenvalue weighted by Crippen LogP contribution is 2.40. The summed E-state index contributed by atoms with van der Waals surface area (Å²) in [6, 6.07) is 10.7. The average Bonchev–Trinajstić information content (AvgIpc) is 2.98. The molecule has 2 nitrogen and oxygen atoms in total. The Balaban J connectivity index is 1.54. The third kappa shape index (κ3) is 3.01. The van der Waals surface area contributed by atoms with Crippen molar-refractivity contribution >= 4 is 0 Å². The van der Waals surface area contributed by atoms with Crippen LogP contribution in [0.5, 0.6) is 0 Å². The van der Waals surface area contributed by atoms with E-state index in [1.54, 1.807) is 0 Å². The molecular formula is C17H25NO. The fraction of sp³-hybridized carbons (Fsp3) is 0.647. The van der Waals surface area contributed by atoms with E-state index in [2.05, 4.69) is 35.2 Å². The zero-order valence-corrected chi connectivity index (χ0v) is 11.7. The maximum atomic E-state index is 10.8. The quantitative estimate of drug-likeness (QED) is 0.901. The maximum absolute atomic E-state index is 10.8. The van der Waals surface area contributed by atoms with Gasteiger partial charge < -0.3 is 5.11 Å². The van der Waals surface area contributed by atoms with Gasteiger partial charge in [0.25, 0.3) is 0 Å². The van der Waals surface area contributed by atoms with Crippen molar-refractivity contribution in [3.05, 3.63) is 35.9 Å². The minimum Gasteiger partial charge on any atom is -0.390 e. The van der Waals surface area contributed by atoms with Gasteiger partial charge in [0, 0.05) is 19.6 Å². The molecule has 0 unspecified atom stereocenters. The van der Waals surface area contributed by atoms with Crippen molar-refractivity contribution in [3.63, 3.8) is 0 Å². The molecule has 1 N–H and O–H groups in total. The smallest absolute Gasteiger partial charge is 0.0700 e. The lowest BCUT2D eigenvalue weighted by Gasteiger charge is -2.42. The van der Waals surface area contributed by atoms with E-state index in [9.17, 15) is 5.11 Å². The summed E-state index contributed by atoms with van der Waals surface area (Å²) in [7, 11) is 0. The highest BCUT2D eigenvalue weighted by atomic mass is 16.3. The number of benzene rings is 1. The van der Waals surface area contributed by atoms with Crippen molar-refractivity contribution in [1.29, 1.82) is 0 Å². The monoisotopic (exact) mass is 259 g/mol. The van der Waals surface area contributed by atoms with Gasteiger partial charge in [-0.25, -0.2) is 0 Å². The van der Waals surface area contributed by atoms with Gasteiger partial charge in [-0.2, -0.15) is 0 Å². The molecule has 2 aliphatic rings. The third-order valence-corrected chi connectivity index (χ3v) is 5.09. The molecule has 0 radical (unpaired) electrons. The van der Waals surface area contributed by atoms with Crippen molar-refractivity contribution < 1.29 is 5.11 Å². The predicted octanol–water partition coefficient (Wildman–Crippen LogP) is 3.20. The van der Waals surface area contributed by atoms with E-state index in [0.29, 0.717) is 5.92 Å². The molecule has 1 heterocycles. The first-order valence-corrected chi connectivity index (χ1v) is 7.75. The summed E-state index contributed by atoms with van der Waals surface area (Å²) in [5.74, 6) is 0.575. The highest BCUT2D eigenvalue weighted by molar-refractivity contribution is 5.14. The summed E-state index contributed by atoms with van der Waals surface area (Å²) < 4.78 is 0. The molecule has 2 fully saturated rings. The lowest BCUT2D eigenvalue weighted by atomic mass is 9.78. The Morgan fingerprint density at radius 3 is 2.32 bits per heavy atom. The van der Waals surface area contributed by atoms with E-state index in [0.717, 1.165) is 32.5 Å². The van der Waals surface area contributed by atoms with Crippen LogP contribution in [0.2, 0.25) is 0 Å². The molecule has 1 aromatic rings. The zero-order valence-electron chi connectivity index (χ0n) is 11.7. The Bertz CT molecular complexity index is 389. The third-order valence-electron chi connectivity index (χ3n) is 5.09. The molecule has 0 atom stereocenters. The van der Waals surface area contributed by atoms with Crippen molar-refractivity contribution in [2.75, 3.05) is 13.1 Å². The Kier molecular flexibility index (Phi) is 3.90. The molecule has 104 valence electrons. The van der Waals surface area contributed by atoms with E-state index in [-0.39, 0.29) is 5.60 Å². The van der Waals surface area contributed by atoms with Gasteiger partial charge in [-0.3, -0.25) is 4.90 Å². The molecule has 1 saturated carbocycles. The van der Waals surface area contributed by atoms with E-state index < -0.39 is 0 Å². The molecular weight excluding hydrogens is 234 g/mol. The number of piperidine rings is 1. The maximum Gasteiger partial charge on any atom is 0.0700 e. The van der Waals surface area contributed by atoms with Gasteiger partial charge in [-0.1, -0.05) is 43.2 Å². The number of hydrogen-bond acceptors (Lipinski definition) is 2. The molecule has 0 aromatic heterocycles. The van der Waals surface area contributed by atoms with Crippen LogP contribution in [-0.2, 0) is 6.54 Å². The fourth-order valence-electron chi connectivity index (χ4n) is 3.81. The summed E-state index contributed by atoms with van der Waals surface area (Å²) in [4.78, 5) is 2.48. The Labute approximate surface area is 116 Å². The molecule has 0 spiro atoms. The van der Waals surface area contributed by atoms with Gasteiger partial charge in [0.05, 0.1) is 5.60 Å². The van der Waals surface area contributed by atoms with Crippen LogP contribution in [0.3, 0.4) is 0 Å². The first-order valence-electron chi connectivity index (χ1n) is 7.75. The van der Waals surface area contributed by atoms with Crippen LogP contribution in [-0.4, -0.2) is 28.7 Å². The lowest BCUT2D eigenvalue weighted by molar-refractivity contribution is -0.0665. The lowest BCUT2D eigenvalue weighted by Crippen LogP contribution is -2.47. The molecule has 1 saturated heterocycles. The second-order valence-electron chi connectivity index (χ2n) is 6.35. The number of likely N-dealkylation sites (tertiary alicyclic amines) is 1. The highest BCUT2D eigenvalue weighted by Gasteiger charge is 2.40. The summed E-state index contributed by atoms with van der Waals surface area (Å²) in [6.07, 6.45) is 7.06. The zero-order chi connectivity index (χ0) is 13.1. The van der Waals surface area contributed by atoms with Gasteiger partial charge in [0.2, 0.25) is 0 Å². The summed E-state index contributed by atoms with van der Waals surface area (Å²) in [5, 5.41) is 10.8. The minimum absolute atomic E-state index is 0.357. The van der Waals surface area contributed by atoms with Gasteiger partial charge in [0.15, 0.2) is 0 Å². The standard InChI is InChI=1S/C17H25NO/c19-17(16-8-4-5-9-16)10-12-18(13-11-17)14-15-6-2-1-3-7-15/h1-3,6-7,16,19H,4-5,8-14H2. The van der Waals surface area contributed by atoms with Crippen molar-refractivity contribution in [1.82, 2.24) is 4.90 Å². The SMILES string of the molecule is OC1(C2CCCC2)CCN(Cc2ccccc2)CC1. The number of nitrogens with zero attached hydrogens (tertiary/aromatic N) is 1. The van der Waals surface area contributed by atoms with Crippen LogP contribution in [0.25, 0.3) is 0 Å². The van der Waals surface area contributed by atoms with Crippen LogP contribution in [0.15, 0.2) is 30.3 Å². The minimum atomic E-state index is -0.357. The van der Waals surface area contributed by atoms with Crippen molar-refractivity contribution in [2.45, 2.75) is 50.7 Å². The van der Waals surface area contributed by atoms with Crippen molar-refractivity contribution in [2.24, 2.45) is 5.92 Å². The van der Waals surface area contributed by atoms with Crippen LogP contribution in [0.4, 0.5) is 0 Å². The van der Waals surface area contributed by atoms with Crippen LogP contribution >= 0.6 is 0 Å². The van der Waals surface area contributed by atoms with Gasteiger partial charge in [-0.05, 0) is 37.2 Å². The fourth-order valence-corrected chi connectivity index (χ4v) is 3.81. The summed E-state index contributed by atoms with van der Waals surface area (Å²) in [6.45, 7) is 3.12. The second-order valence-corrected chi connectivity index (χ2v) is 6.35. The molecule has 3 rings (SSSR count). The first-order chi connectivity index (χ1) is 9.26. The van der Waals surface area contributed by atoms with E-state index in [4.69, 9.17) is 0 Å². The Morgan fingerprint density at radius 1 is 1.05 bits per heavy atom. The molecule has 0 amide bonds. The average molecular weight is 259 g/mol. The predicted molar refractivity (Wildman–Crippen MR) is 77.9 cm³/mol. The Hall–Kier alpha value is -0.860. The molecule has 1 aliphatic carbocycles. The van der Waals surface area contributed by atoms with Gasteiger partial charge in [-0.15, -0.1) is 0 Å². The van der Waals surface area contributed by atoms with Crippen molar-refractivity contribution in [3.8, 4) is 0 Å². The molecule has 2 heteroatoms. The summed E-state index contributed by atoms with van der Waals surface area (Å²) in [5.41, 5.74) is 1.03. The normalized spacial score (nSPS) is 24.7. The van der Waals surface area contributed by atoms with E-state index in [1.165, 1.54) is 31.2 Å². The first kappa shape index (κ1) is 13.1. The molecule has 19 heavy (non-hydrogen) atoms. The van der Waals surface area contributed by atoms with Crippen LogP contribution < -0.4 is 0 Å². The van der Waals surface area contributed by atoms with Crippen LogP contribution in [0.1, 0.15) is 44.1 Å². The van der Waals surface area contributed by atoms with E-state index >= 15 is 0 Å². The molecule has 1 aliphatic heterocycles. The topological polar surface area (TPSA) is 23.5 Å².